The van der Waals surface area contributed by atoms with Crippen molar-refractivity contribution in [2.24, 2.45) is 20.2 Å². The minimum Gasteiger partial charge on any atom is -0.464 e. The molecule has 7 aromatic carbocycles. The molecular formula is C64H56N12O4S4. The highest BCUT2D eigenvalue weighted by Gasteiger charge is 2.00. The summed E-state index contributed by atoms with van der Waals surface area (Å²) in [6.07, 6.45) is 23.7. The van der Waals surface area contributed by atoms with E-state index in [0.29, 0.717) is 0 Å². The van der Waals surface area contributed by atoms with Crippen LogP contribution in [-0.2, 0) is 6.42 Å². The molecule has 1 aliphatic carbocycles. The van der Waals surface area contributed by atoms with E-state index in [0.717, 1.165) is 58.1 Å². The van der Waals surface area contributed by atoms with Crippen LogP contribution in [0.5, 0.6) is 0 Å². The minimum atomic E-state index is 0. The van der Waals surface area contributed by atoms with Gasteiger partial charge in [-0.05, 0) is 124 Å². The maximum atomic E-state index is 5.12. The van der Waals surface area contributed by atoms with Crippen molar-refractivity contribution < 1.29 is 17.9 Å². The van der Waals surface area contributed by atoms with Gasteiger partial charge in [-0.1, -0.05) is 144 Å². The number of thiazole rings is 1. The standard InChI is InChI=1S/C9H8.C8H6O.C8H6S.2C7H5NO.2C7H5NS.2C3H4N2.C2H2N2O.C2H2N2S.CH4/c1-2-5-9-7-3-6-8(9)4-1;2*1-2-4-8-7(3-1)5-6-9-8;1-2-4-7-6(3-1)8-5-9-7;1-2-4-7-6(3-1)5-8-9-7;1-2-4-7-6(3-1)8-5-9-7;1-2-4-7-6(3-1)5-8-9-7;1-2-5-3-4-1;1-2-4-5-3-1;2*1-2-5-4-3-1;/h1-6H,7H2;2*1-6H;4*1-5H;1,3H,2H2;1-2H,3H2;2*1-2H;1H4. The Morgan fingerprint density at radius 2 is 1.26 bits per heavy atom. The summed E-state index contributed by atoms with van der Waals surface area (Å²) < 4.78 is 30.7. The first-order chi connectivity index (χ1) is 41.3. The lowest BCUT2D eigenvalue weighted by molar-refractivity contribution is 0.393. The molecule has 0 amide bonds. The van der Waals surface area contributed by atoms with Crippen molar-refractivity contribution in [2.75, 3.05) is 13.1 Å². The zero-order valence-electron chi connectivity index (χ0n) is 44.3. The lowest BCUT2D eigenvalue weighted by atomic mass is 10.1. The van der Waals surface area contributed by atoms with Crippen LogP contribution in [0, 0.1) is 0 Å². The van der Waals surface area contributed by atoms with Crippen LogP contribution in [0.3, 0.4) is 0 Å². The van der Waals surface area contributed by atoms with E-state index in [2.05, 4.69) is 155 Å². The van der Waals surface area contributed by atoms with Gasteiger partial charge in [0.15, 0.2) is 17.6 Å². The lowest BCUT2D eigenvalue weighted by Gasteiger charge is -1.93. The summed E-state index contributed by atoms with van der Waals surface area (Å²) in [5.74, 6) is 0. The van der Waals surface area contributed by atoms with E-state index in [4.69, 9.17) is 13.4 Å². The van der Waals surface area contributed by atoms with Crippen LogP contribution in [0.1, 0.15) is 18.6 Å². The fraction of sp³-hybridized carbons (Fsp3) is 0.0625. The van der Waals surface area contributed by atoms with Gasteiger partial charge in [0.1, 0.15) is 23.7 Å². The number of allylic oxidation sites excluding steroid dienone is 1. The molecule has 8 aromatic heterocycles. The number of hydrogen-bond acceptors (Lipinski definition) is 20. The third kappa shape index (κ3) is 21.7. The van der Waals surface area contributed by atoms with Gasteiger partial charge in [0.25, 0.3) is 0 Å². The van der Waals surface area contributed by atoms with Crippen molar-refractivity contribution in [1.29, 1.82) is 0 Å². The number of furan rings is 1. The molecule has 420 valence electrons. The predicted octanol–water partition coefficient (Wildman–Crippen LogP) is 18.1. The topological polar surface area (TPSA) is 205 Å². The Kier molecular flexibility index (Phi) is 27.1. The summed E-state index contributed by atoms with van der Waals surface area (Å²) in [7, 11) is 0. The number of aliphatic imine (C=N–C) groups is 2. The van der Waals surface area contributed by atoms with Crippen molar-refractivity contribution in [2.45, 2.75) is 13.8 Å². The largest absolute Gasteiger partial charge is 0.464 e. The molecule has 20 heteroatoms. The van der Waals surface area contributed by atoms with Crippen LogP contribution in [-0.4, -0.2) is 65.1 Å². The molecular weight excluding hydrogens is 1130 g/mol. The van der Waals surface area contributed by atoms with Gasteiger partial charge in [0.05, 0.1) is 58.4 Å². The van der Waals surface area contributed by atoms with Crippen LogP contribution < -0.4 is 0 Å². The number of azo groups is 1. The first-order valence-corrected chi connectivity index (χ1v) is 28.8. The van der Waals surface area contributed by atoms with E-state index in [1.807, 2.05) is 132 Å². The third-order valence-corrected chi connectivity index (χ3v) is 13.8. The van der Waals surface area contributed by atoms with Crippen molar-refractivity contribution in [3.05, 3.63) is 271 Å². The highest BCUT2D eigenvalue weighted by Crippen LogP contribution is 2.20. The van der Waals surface area contributed by atoms with Crippen LogP contribution in [0.25, 0.3) is 69.5 Å². The number of rotatable bonds is 0. The summed E-state index contributed by atoms with van der Waals surface area (Å²) in [4.78, 5) is 15.5. The molecule has 0 bridgehead atoms. The Morgan fingerprint density at radius 3 is 1.88 bits per heavy atom. The van der Waals surface area contributed by atoms with E-state index >= 15 is 0 Å². The summed E-state index contributed by atoms with van der Waals surface area (Å²) >= 11 is 6.35. The van der Waals surface area contributed by atoms with Gasteiger partial charge < -0.3 is 17.9 Å². The fourth-order valence-electron chi connectivity index (χ4n) is 6.98. The fourth-order valence-corrected chi connectivity index (χ4v) is 9.37. The molecule has 0 saturated heterocycles. The molecule has 15 aromatic rings. The predicted molar refractivity (Wildman–Crippen MR) is 346 cm³/mol. The molecule has 16 nitrogen and oxygen atoms in total. The lowest BCUT2D eigenvalue weighted by Crippen LogP contribution is -1.76. The molecule has 3 aliphatic rings. The average molecular weight is 1190 g/mol. The maximum Gasteiger partial charge on any atom is 0.181 e. The van der Waals surface area contributed by atoms with Crippen LogP contribution in [0.4, 0.5) is 0 Å². The number of thiophene rings is 1. The molecule has 10 heterocycles. The van der Waals surface area contributed by atoms with Crippen molar-refractivity contribution in [1.82, 2.24) is 39.5 Å². The highest BCUT2D eigenvalue weighted by molar-refractivity contribution is 7.17. The second kappa shape index (κ2) is 37.0. The summed E-state index contributed by atoms with van der Waals surface area (Å²) in [5, 5.41) is 29.4. The second-order valence-corrected chi connectivity index (χ2v) is 19.7. The molecule has 0 atom stereocenters. The van der Waals surface area contributed by atoms with E-state index in [1.54, 1.807) is 60.1 Å². The monoisotopic (exact) mass is 1180 g/mol. The quantitative estimate of drug-likeness (QED) is 0.139. The van der Waals surface area contributed by atoms with Crippen LogP contribution >= 0.6 is 45.7 Å². The second-order valence-electron chi connectivity index (χ2n) is 16.4. The maximum absolute atomic E-state index is 5.12. The molecule has 0 unspecified atom stereocenters. The Morgan fingerprint density at radius 1 is 0.524 bits per heavy atom. The Balaban J connectivity index is 0.000000133. The summed E-state index contributed by atoms with van der Waals surface area (Å²) in [6.45, 7) is 1.56. The van der Waals surface area contributed by atoms with E-state index in [1.165, 1.54) is 77.9 Å². The normalized spacial score (nSPS) is 11.1. The minimum absolute atomic E-state index is 0. The zero-order valence-corrected chi connectivity index (χ0v) is 47.6. The number of aromatic nitrogens is 8. The first-order valence-electron chi connectivity index (χ1n) is 25.4. The van der Waals surface area contributed by atoms with Crippen LogP contribution in [0.15, 0.2) is 298 Å². The highest BCUT2D eigenvalue weighted by atomic mass is 32.1. The van der Waals surface area contributed by atoms with Gasteiger partial charge in [-0.25, -0.2) is 15.0 Å². The van der Waals surface area contributed by atoms with E-state index < -0.39 is 0 Å². The smallest absolute Gasteiger partial charge is 0.181 e. The number of benzene rings is 7. The molecule has 18 rings (SSSR count). The molecule has 0 spiro atoms. The first kappa shape index (κ1) is 61.5. The molecule has 84 heavy (non-hydrogen) atoms. The van der Waals surface area contributed by atoms with Crippen molar-refractivity contribution >= 4 is 128 Å². The van der Waals surface area contributed by atoms with Gasteiger partial charge in [-0.15, -0.1) is 32.9 Å². The molecule has 0 fully saturated rings. The number of nitrogens with zero attached hydrogens (tertiary/aromatic N) is 12. The molecule has 0 radical (unpaired) electrons. The zero-order chi connectivity index (χ0) is 56.9. The molecule has 0 saturated carbocycles. The van der Waals surface area contributed by atoms with Crippen molar-refractivity contribution in [3.63, 3.8) is 0 Å². The van der Waals surface area contributed by atoms with Gasteiger partial charge in [0, 0.05) is 50.1 Å². The van der Waals surface area contributed by atoms with Gasteiger partial charge in [-0.2, -0.15) is 14.6 Å². The van der Waals surface area contributed by atoms with Crippen LogP contribution in [0.2, 0.25) is 0 Å². The number of oxazole rings is 1. The molecule has 0 N–H and O–H groups in total. The van der Waals surface area contributed by atoms with Crippen molar-refractivity contribution in [3.8, 4) is 0 Å². The molecule has 2 aliphatic heterocycles. The average Bonchev–Trinajstić information content (AvgIpc) is 4.43. The van der Waals surface area contributed by atoms with E-state index in [9.17, 15) is 0 Å². The number of para-hydroxylation sites is 5. The third-order valence-electron chi connectivity index (χ3n) is 10.9. The summed E-state index contributed by atoms with van der Waals surface area (Å²) in [6, 6.07) is 60.7. The van der Waals surface area contributed by atoms with E-state index in [-0.39, 0.29) is 7.43 Å². The van der Waals surface area contributed by atoms with Gasteiger partial charge >= 0.3 is 0 Å². The number of hydrogen-bond donors (Lipinski definition) is 0. The Labute approximate surface area is 500 Å². The number of fused-ring (bicyclic) bond motifs is 7. The van der Waals surface area contributed by atoms with Gasteiger partial charge in [-0.3, -0.25) is 4.99 Å². The van der Waals surface area contributed by atoms with Gasteiger partial charge in [0.2, 0.25) is 0 Å². The SMILES string of the molecule is C.C1=CN=NC1.C1=Cc2ccccc2C1.C1=NC=NC1.c1ccc2occc2c1.c1ccc2ocnc2c1.c1ccc2oncc2c1.c1ccc2sccc2c1.c1ccc2scnc2c1.c1ccc2sncc2c1.c1conn1.c1csnn1. The summed E-state index contributed by atoms with van der Waals surface area (Å²) in [5.41, 5.74) is 9.37. The Hall–Kier alpha value is -10.1. The Bertz CT molecular complexity index is 3480.